The number of carbonyl (C=O) groups is 1. The second-order valence-electron chi connectivity index (χ2n) is 6.29. The SMILES string of the molecule is C[NH+](CC(=O)NC1CC1)Cn1nc2n(c1=S)CCCCC2. The standard InChI is InChI=1S/C14H23N5OS/c1-17(9-13(20)15-11-6-7-11)10-19-14(21)18-8-4-2-3-5-12(18)16-19/h11H,2-10H2,1H3,(H,15,20)/p+1. The molecule has 1 amide bonds. The highest BCUT2D eigenvalue weighted by Crippen LogP contribution is 2.18. The lowest BCUT2D eigenvalue weighted by Gasteiger charge is -2.13. The van der Waals surface area contributed by atoms with Crippen LogP contribution in [0.25, 0.3) is 0 Å². The summed E-state index contributed by atoms with van der Waals surface area (Å²) in [7, 11) is 2.01. The molecule has 1 aromatic rings. The van der Waals surface area contributed by atoms with Crippen molar-refractivity contribution in [1.29, 1.82) is 0 Å². The molecule has 0 saturated heterocycles. The first kappa shape index (κ1) is 14.7. The minimum Gasteiger partial charge on any atom is -0.348 e. The van der Waals surface area contributed by atoms with Gasteiger partial charge >= 0.3 is 0 Å². The molecule has 0 spiro atoms. The molecule has 0 radical (unpaired) electrons. The van der Waals surface area contributed by atoms with Crippen LogP contribution in [0.1, 0.15) is 37.9 Å². The average Bonchev–Trinajstić information content (AvgIpc) is 3.21. The van der Waals surface area contributed by atoms with Gasteiger partial charge in [-0.15, -0.1) is 0 Å². The Hall–Kier alpha value is -1.21. The highest BCUT2D eigenvalue weighted by atomic mass is 32.1. The van der Waals surface area contributed by atoms with Crippen LogP contribution in [0, 0.1) is 4.77 Å². The number of amides is 1. The second-order valence-corrected chi connectivity index (χ2v) is 6.66. The van der Waals surface area contributed by atoms with E-state index in [-0.39, 0.29) is 5.91 Å². The largest absolute Gasteiger partial charge is 0.348 e. The predicted molar refractivity (Wildman–Crippen MR) is 81.5 cm³/mol. The summed E-state index contributed by atoms with van der Waals surface area (Å²) >= 11 is 5.53. The fraction of sp³-hybridized carbons (Fsp3) is 0.786. The number of likely N-dealkylation sites (N-methyl/N-ethyl adjacent to an activating group) is 1. The van der Waals surface area contributed by atoms with E-state index in [4.69, 9.17) is 12.2 Å². The number of hydrogen-bond acceptors (Lipinski definition) is 3. The molecule has 116 valence electrons. The summed E-state index contributed by atoms with van der Waals surface area (Å²) in [5.41, 5.74) is 0. The maximum atomic E-state index is 11.8. The molecule has 3 rings (SSSR count). The number of nitrogens with one attached hydrogen (secondary N) is 2. The summed E-state index contributed by atoms with van der Waals surface area (Å²) in [5.74, 6) is 1.23. The molecule has 1 aromatic heterocycles. The van der Waals surface area contributed by atoms with Gasteiger partial charge in [0.05, 0.1) is 7.05 Å². The van der Waals surface area contributed by atoms with Crippen molar-refractivity contribution in [2.45, 2.75) is 57.8 Å². The zero-order valence-corrected chi connectivity index (χ0v) is 13.4. The number of quaternary nitrogens is 1. The van der Waals surface area contributed by atoms with Crippen molar-refractivity contribution >= 4 is 18.1 Å². The molecule has 1 unspecified atom stereocenters. The van der Waals surface area contributed by atoms with Gasteiger partial charge in [-0.3, -0.25) is 4.79 Å². The molecule has 1 atom stereocenters. The number of aromatic nitrogens is 3. The van der Waals surface area contributed by atoms with E-state index in [1.54, 1.807) is 0 Å². The highest BCUT2D eigenvalue weighted by molar-refractivity contribution is 7.71. The van der Waals surface area contributed by atoms with Gasteiger partial charge in [0.25, 0.3) is 5.91 Å². The van der Waals surface area contributed by atoms with Crippen LogP contribution in [0.3, 0.4) is 0 Å². The van der Waals surface area contributed by atoms with E-state index in [1.165, 1.54) is 19.3 Å². The molecule has 2 heterocycles. The van der Waals surface area contributed by atoms with E-state index in [9.17, 15) is 4.79 Å². The minimum absolute atomic E-state index is 0.127. The Balaban J connectivity index is 1.61. The molecule has 2 aliphatic rings. The number of fused-ring (bicyclic) bond motifs is 1. The van der Waals surface area contributed by atoms with Gasteiger partial charge in [0.15, 0.2) is 13.2 Å². The maximum absolute atomic E-state index is 11.8. The van der Waals surface area contributed by atoms with E-state index >= 15 is 0 Å². The quantitative estimate of drug-likeness (QED) is 0.746. The van der Waals surface area contributed by atoms with Crippen molar-refractivity contribution in [2.75, 3.05) is 13.6 Å². The van der Waals surface area contributed by atoms with Gasteiger partial charge in [-0.2, -0.15) is 9.78 Å². The zero-order chi connectivity index (χ0) is 14.8. The summed E-state index contributed by atoms with van der Waals surface area (Å²) in [5, 5.41) is 7.68. The van der Waals surface area contributed by atoms with Gasteiger partial charge in [0.2, 0.25) is 4.77 Å². The summed E-state index contributed by atoms with van der Waals surface area (Å²) < 4.78 is 4.85. The molecule has 7 heteroatoms. The first-order valence-corrected chi connectivity index (χ1v) is 8.31. The van der Waals surface area contributed by atoms with E-state index in [0.29, 0.717) is 19.3 Å². The number of hydrogen-bond donors (Lipinski definition) is 2. The lowest BCUT2D eigenvalue weighted by molar-refractivity contribution is -0.895. The molecule has 6 nitrogen and oxygen atoms in total. The van der Waals surface area contributed by atoms with Gasteiger partial charge in [0, 0.05) is 19.0 Å². The van der Waals surface area contributed by atoms with Crippen LogP contribution < -0.4 is 10.2 Å². The molecular formula is C14H24N5OS+. The van der Waals surface area contributed by atoms with Crippen LogP contribution in [0.5, 0.6) is 0 Å². The van der Waals surface area contributed by atoms with Crippen LogP contribution in [0.2, 0.25) is 0 Å². The van der Waals surface area contributed by atoms with Gasteiger partial charge in [-0.05, 0) is 37.9 Å². The molecule has 1 saturated carbocycles. The molecular weight excluding hydrogens is 286 g/mol. The zero-order valence-electron chi connectivity index (χ0n) is 12.6. The molecule has 21 heavy (non-hydrogen) atoms. The van der Waals surface area contributed by atoms with Gasteiger partial charge in [-0.1, -0.05) is 6.42 Å². The number of nitrogens with zero attached hydrogens (tertiary/aromatic N) is 3. The molecule has 0 bridgehead atoms. The Labute approximate surface area is 130 Å². The fourth-order valence-corrected chi connectivity index (χ4v) is 3.12. The van der Waals surface area contributed by atoms with Crippen LogP contribution in [0.4, 0.5) is 0 Å². The summed E-state index contributed by atoms with van der Waals surface area (Å²) in [6.45, 7) is 2.10. The second kappa shape index (κ2) is 6.27. The van der Waals surface area contributed by atoms with Crippen molar-refractivity contribution in [1.82, 2.24) is 19.7 Å². The van der Waals surface area contributed by atoms with Crippen molar-refractivity contribution in [3.05, 3.63) is 10.6 Å². The van der Waals surface area contributed by atoms with E-state index in [1.807, 2.05) is 11.7 Å². The minimum atomic E-state index is 0.127. The molecule has 1 fully saturated rings. The Morgan fingerprint density at radius 3 is 3.00 bits per heavy atom. The van der Waals surface area contributed by atoms with E-state index in [2.05, 4.69) is 15.0 Å². The number of rotatable bonds is 5. The third kappa shape index (κ3) is 3.71. The van der Waals surface area contributed by atoms with E-state index < -0.39 is 0 Å². The van der Waals surface area contributed by atoms with Crippen molar-refractivity contribution in [3.8, 4) is 0 Å². The third-order valence-electron chi connectivity index (χ3n) is 4.11. The molecule has 1 aliphatic carbocycles. The summed E-state index contributed by atoms with van der Waals surface area (Å²) in [4.78, 5) is 12.9. The van der Waals surface area contributed by atoms with Crippen LogP contribution in [-0.4, -0.2) is 39.9 Å². The van der Waals surface area contributed by atoms with Crippen molar-refractivity contribution in [3.63, 3.8) is 0 Å². The monoisotopic (exact) mass is 310 g/mol. The van der Waals surface area contributed by atoms with Crippen LogP contribution >= 0.6 is 12.2 Å². The van der Waals surface area contributed by atoms with Crippen molar-refractivity contribution in [2.24, 2.45) is 0 Å². The summed E-state index contributed by atoms with van der Waals surface area (Å²) in [6.07, 6.45) is 6.90. The maximum Gasteiger partial charge on any atom is 0.275 e. The number of aryl methyl sites for hydroxylation is 1. The average molecular weight is 310 g/mol. The topological polar surface area (TPSA) is 56.3 Å². The van der Waals surface area contributed by atoms with E-state index in [0.717, 1.165) is 41.3 Å². The van der Waals surface area contributed by atoms with Gasteiger partial charge in [0.1, 0.15) is 5.82 Å². The Morgan fingerprint density at radius 1 is 1.43 bits per heavy atom. The Morgan fingerprint density at radius 2 is 2.24 bits per heavy atom. The smallest absolute Gasteiger partial charge is 0.275 e. The predicted octanol–water partition coefficient (Wildman–Crippen LogP) is -0.109. The van der Waals surface area contributed by atoms with Crippen LogP contribution in [-0.2, 0) is 24.4 Å². The molecule has 0 aromatic carbocycles. The highest BCUT2D eigenvalue weighted by Gasteiger charge is 2.24. The number of carbonyl (C=O) groups excluding carboxylic acids is 1. The van der Waals surface area contributed by atoms with Gasteiger partial charge < -0.3 is 14.8 Å². The lowest BCUT2D eigenvalue weighted by atomic mass is 10.2. The third-order valence-corrected chi connectivity index (χ3v) is 4.54. The first-order chi connectivity index (χ1) is 10.1. The normalized spacial score (nSPS) is 19.7. The van der Waals surface area contributed by atoms with Gasteiger partial charge in [-0.25, -0.2) is 0 Å². The summed E-state index contributed by atoms with van der Waals surface area (Å²) in [6, 6.07) is 0.427. The fourth-order valence-electron chi connectivity index (χ4n) is 2.82. The molecule has 1 aliphatic heterocycles. The van der Waals surface area contributed by atoms with Crippen molar-refractivity contribution < 1.29 is 9.69 Å². The first-order valence-electron chi connectivity index (χ1n) is 7.90. The molecule has 2 N–H and O–H groups in total. The van der Waals surface area contributed by atoms with Crippen LogP contribution in [0.15, 0.2) is 0 Å². The Bertz CT molecular complexity index is 574. The Kier molecular flexibility index (Phi) is 4.40. The lowest BCUT2D eigenvalue weighted by Crippen LogP contribution is -3.09.